The number of carboxylic acids is 1. The van der Waals surface area contributed by atoms with E-state index in [1.165, 1.54) is 6.21 Å². The lowest BCUT2D eigenvalue weighted by Gasteiger charge is -2.17. The fourth-order valence-electron chi connectivity index (χ4n) is 3.68. The first-order valence-corrected chi connectivity index (χ1v) is 11.5. The van der Waals surface area contributed by atoms with Gasteiger partial charge in [0, 0.05) is 47.7 Å². The molecular weight excluding hydrogens is 448 g/mol. The van der Waals surface area contributed by atoms with Crippen LogP contribution in [-0.2, 0) is 11.2 Å². The number of nitrogens with zero attached hydrogens (tertiary/aromatic N) is 2. The van der Waals surface area contributed by atoms with Crippen molar-refractivity contribution in [2.45, 2.75) is 20.3 Å². The van der Waals surface area contributed by atoms with Crippen molar-refractivity contribution in [3.63, 3.8) is 0 Å². The Morgan fingerprint density at radius 1 is 1.11 bits per heavy atom. The highest BCUT2D eigenvalue weighted by atomic mass is 16.4. The molecule has 0 saturated carbocycles. The van der Waals surface area contributed by atoms with Gasteiger partial charge in [-0.05, 0) is 48.7 Å². The number of hydrogen-bond acceptors (Lipinski definition) is 5. The number of pyridine rings is 1. The molecule has 6 nitrogen and oxygen atoms in total. The van der Waals surface area contributed by atoms with Crippen LogP contribution in [0.2, 0.25) is 0 Å². The van der Waals surface area contributed by atoms with Gasteiger partial charge in [-0.15, -0.1) is 0 Å². The second-order valence-corrected chi connectivity index (χ2v) is 8.31. The molecule has 0 radical (unpaired) electrons. The highest BCUT2D eigenvalue weighted by Crippen LogP contribution is 2.35. The minimum Gasteiger partial charge on any atom is -0.481 e. The number of benzene rings is 2. The number of aliphatic carboxylic acids is 1. The number of allylic oxidation sites excluding steroid dienone is 3. The molecule has 0 unspecified atom stereocenters. The van der Waals surface area contributed by atoms with Crippen molar-refractivity contribution in [3.05, 3.63) is 114 Å². The van der Waals surface area contributed by atoms with Crippen LogP contribution in [0, 0.1) is 5.41 Å². The highest BCUT2D eigenvalue weighted by molar-refractivity contribution is 6.01. The summed E-state index contributed by atoms with van der Waals surface area (Å²) in [5.74, 6) is -0.901. The normalized spacial score (nSPS) is 11.9. The van der Waals surface area contributed by atoms with Crippen molar-refractivity contribution in [1.29, 1.82) is 5.41 Å². The van der Waals surface area contributed by atoms with Gasteiger partial charge < -0.3 is 15.8 Å². The van der Waals surface area contributed by atoms with Gasteiger partial charge in [0.15, 0.2) is 0 Å². The van der Waals surface area contributed by atoms with Crippen LogP contribution in [0.3, 0.4) is 0 Å². The van der Waals surface area contributed by atoms with Crippen LogP contribution in [-0.4, -0.2) is 34.5 Å². The first kappa shape index (κ1) is 26.0. The van der Waals surface area contributed by atoms with Crippen LogP contribution >= 0.6 is 0 Å². The fourth-order valence-corrected chi connectivity index (χ4v) is 3.68. The van der Waals surface area contributed by atoms with Crippen molar-refractivity contribution in [2.24, 2.45) is 4.99 Å². The zero-order chi connectivity index (χ0) is 25.9. The Labute approximate surface area is 212 Å². The summed E-state index contributed by atoms with van der Waals surface area (Å²) in [5.41, 5.74) is 7.64. The van der Waals surface area contributed by atoms with Gasteiger partial charge in [-0.2, -0.15) is 0 Å². The Bertz CT molecular complexity index is 1340. The van der Waals surface area contributed by atoms with Crippen LogP contribution in [0.5, 0.6) is 0 Å². The lowest BCUT2D eigenvalue weighted by Crippen LogP contribution is -2.14. The predicted octanol–water partition coefficient (Wildman–Crippen LogP) is 6.23. The minimum atomic E-state index is -0.901. The second kappa shape index (κ2) is 12.8. The summed E-state index contributed by atoms with van der Waals surface area (Å²) in [6, 6.07) is 17.9. The van der Waals surface area contributed by atoms with Gasteiger partial charge >= 0.3 is 5.97 Å². The minimum absolute atomic E-state index is 0.0918. The first-order chi connectivity index (χ1) is 17.4. The van der Waals surface area contributed by atoms with Crippen molar-refractivity contribution >= 4 is 29.3 Å². The van der Waals surface area contributed by atoms with Crippen LogP contribution in [0.1, 0.15) is 30.5 Å². The molecule has 6 heteroatoms. The van der Waals surface area contributed by atoms with Crippen molar-refractivity contribution < 1.29 is 9.90 Å². The maximum absolute atomic E-state index is 11.1. The Kier molecular flexibility index (Phi) is 9.23. The average molecular weight is 479 g/mol. The van der Waals surface area contributed by atoms with Crippen molar-refractivity contribution in [2.75, 3.05) is 6.54 Å². The van der Waals surface area contributed by atoms with Crippen LogP contribution in [0.25, 0.3) is 16.8 Å². The molecule has 3 rings (SSSR count). The number of aromatic nitrogens is 1. The lowest BCUT2D eigenvalue weighted by molar-refractivity contribution is -0.136. The Morgan fingerprint density at radius 3 is 2.61 bits per heavy atom. The van der Waals surface area contributed by atoms with E-state index in [1.54, 1.807) is 18.5 Å². The summed E-state index contributed by atoms with van der Waals surface area (Å²) in [5, 5.41) is 19.6. The quantitative estimate of drug-likeness (QED) is 0.225. The molecule has 182 valence electrons. The molecule has 2 aromatic carbocycles. The summed E-state index contributed by atoms with van der Waals surface area (Å²) < 4.78 is 0. The van der Waals surface area contributed by atoms with E-state index < -0.39 is 5.97 Å². The summed E-state index contributed by atoms with van der Waals surface area (Å²) in [7, 11) is 0. The molecule has 0 saturated heterocycles. The Morgan fingerprint density at radius 2 is 1.89 bits per heavy atom. The molecule has 1 aromatic heterocycles. The lowest BCUT2D eigenvalue weighted by atomic mass is 9.96. The van der Waals surface area contributed by atoms with Crippen LogP contribution in [0.15, 0.2) is 102 Å². The third-order valence-electron chi connectivity index (χ3n) is 5.45. The van der Waals surface area contributed by atoms with Gasteiger partial charge in [-0.25, -0.2) is 0 Å². The molecule has 1 heterocycles. The van der Waals surface area contributed by atoms with Gasteiger partial charge in [-0.1, -0.05) is 66.8 Å². The van der Waals surface area contributed by atoms with Gasteiger partial charge in [0.1, 0.15) is 0 Å². The van der Waals surface area contributed by atoms with E-state index in [2.05, 4.69) is 35.1 Å². The summed E-state index contributed by atoms with van der Waals surface area (Å²) in [4.78, 5) is 20.2. The van der Waals surface area contributed by atoms with E-state index in [0.717, 1.165) is 44.9 Å². The average Bonchev–Trinajstić information content (AvgIpc) is 2.87. The van der Waals surface area contributed by atoms with E-state index in [9.17, 15) is 4.79 Å². The summed E-state index contributed by atoms with van der Waals surface area (Å²) >= 11 is 0. The largest absolute Gasteiger partial charge is 0.481 e. The number of hydrogen-bond donors (Lipinski definition) is 3. The smallest absolute Gasteiger partial charge is 0.307 e. The fraction of sp³-hybridized carbons (Fsp3) is 0.133. The molecule has 36 heavy (non-hydrogen) atoms. The molecule has 0 aliphatic heterocycles. The van der Waals surface area contributed by atoms with Crippen molar-refractivity contribution in [3.8, 4) is 11.1 Å². The molecule has 0 aliphatic rings. The first-order valence-electron chi connectivity index (χ1n) is 11.5. The van der Waals surface area contributed by atoms with Gasteiger partial charge in [0.2, 0.25) is 0 Å². The molecule has 3 aromatic rings. The molecule has 0 amide bonds. The van der Waals surface area contributed by atoms with Gasteiger partial charge in [0.05, 0.1) is 12.1 Å². The maximum Gasteiger partial charge on any atom is 0.307 e. The Balaban J connectivity index is 2.02. The van der Waals surface area contributed by atoms with E-state index in [1.807, 2.05) is 62.4 Å². The molecule has 0 spiro atoms. The summed E-state index contributed by atoms with van der Waals surface area (Å²) in [6.07, 6.45) is 9.85. The number of rotatable bonds is 11. The standard InChI is InChI=1S/C30H30N4O2/c1-21(10-7-8-15-31)18-33-23(3)30-27(25-11-5-4-6-12-25)13-9-14-28(30)34-22(2)26-16-24(17-29(35)36)19-32-20-26/h4-16,19-20,31,33H,3,17-18H2,1-2H3,(H,35,36)/b8-7-,21-10+,31-15?,34-22+. The third-order valence-corrected chi connectivity index (χ3v) is 5.45. The Hall–Kier alpha value is -4.58. The van der Waals surface area contributed by atoms with Crippen LogP contribution < -0.4 is 5.32 Å². The molecule has 0 fully saturated rings. The zero-order valence-electron chi connectivity index (χ0n) is 20.5. The number of nitrogens with one attached hydrogen (secondary N) is 2. The number of aliphatic imine (C=N–C) groups is 1. The van der Waals surface area contributed by atoms with E-state index in [4.69, 9.17) is 15.5 Å². The maximum atomic E-state index is 11.1. The third kappa shape index (κ3) is 7.21. The van der Waals surface area contributed by atoms with E-state index in [0.29, 0.717) is 12.1 Å². The monoisotopic (exact) mass is 478 g/mol. The SMILES string of the molecule is C=C(NC/C(C)=C/C=C\C=N)c1c(/N=C(\C)c2cncc(CC(=O)O)c2)cccc1-c1ccccc1. The van der Waals surface area contributed by atoms with Gasteiger partial charge in [0.25, 0.3) is 0 Å². The molecule has 3 N–H and O–H groups in total. The van der Waals surface area contributed by atoms with E-state index in [-0.39, 0.29) is 6.42 Å². The molecule has 0 atom stereocenters. The highest BCUT2D eigenvalue weighted by Gasteiger charge is 2.14. The summed E-state index contributed by atoms with van der Waals surface area (Å²) in [6.45, 7) is 8.82. The number of carbonyl (C=O) groups is 1. The second-order valence-electron chi connectivity index (χ2n) is 8.31. The zero-order valence-corrected chi connectivity index (χ0v) is 20.5. The topological polar surface area (TPSA) is 98.4 Å². The van der Waals surface area contributed by atoms with Crippen molar-refractivity contribution in [1.82, 2.24) is 10.3 Å². The van der Waals surface area contributed by atoms with Crippen LogP contribution in [0.4, 0.5) is 5.69 Å². The van der Waals surface area contributed by atoms with E-state index >= 15 is 0 Å². The molecule has 0 bridgehead atoms. The number of carboxylic acid groups (broad SMARTS) is 1. The van der Waals surface area contributed by atoms with Gasteiger partial charge in [-0.3, -0.25) is 14.8 Å². The molecule has 0 aliphatic carbocycles. The molecular formula is C30H30N4O2. The predicted molar refractivity (Wildman–Crippen MR) is 148 cm³/mol.